The summed E-state index contributed by atoms with van der Waals surface area (Å²) in [4.78, 5) is 4.23. The van der Waals surface area contributed by atoms with Gasteiger partial charge in [0.15, 0.2) is 0 Å². The zero-order chi connectivity index (χ0) is 11.4. The summed E-state index contributed by atoms with van der Waals surface area (Å²) in [6.45, 7) is 3.10. The monoisotopic (exact) mass is 218 g/mol. The van der Waals surface area contributed by atoms with Gasteiger partial charge in [0.1, 0.15) is 0 Å². The maximum Gasteiger partial charge on any atom is 0.0999 e. The van der Waals surface area contributed by atoms with Crippen LogP contribution in [0.5, 0.6) is 0 Å². The number of fused-ring (bicyclic) bond motifs is 1. The number of aliphatic hydroxyl groups is 1. The van der Waals surface area contributed by atoms with Gasteiger partial charge in [-0.2, -0.15) is 0 Å². The molecule has 2 N–H and O–H groups in total. The molecule has 3 heteroatoms. The van der Waals surface area contributed by atoms with Crippen molar-refractivity contribution < 1.29 is 5.11 Å². The number of nitrogens with one attached hydrogen (secondary N) is 1. The van der Waals surface area contributed by atoms with Gasteiger partial charge in [-0.1, -0.05) is 25.5 Å². The van der Waals surface area contributed by atoms with Gasteiger partial charge in [-0.05, 0) is 25.1 Å². The van der Waals surface area contributed by atoms with Crippen LogP contribution < -0.4 is 5.32 Å². The van der Waals surface area contributed by atoms with Crippen LogP contribution in [0.2, 0.25) is 0 Å². The number of hydrogen-bond donors (Lipinski definition) is 2. The first kappa shape index (κ1) is 11.3. The summed E-state index contributed by atoms with van der Waals surface area (Å²) in [6, 6.07) is 3.82. The fourth-order valence-corrected chi connectivity index (χ4v) is 1.94. The summed E-state index contributed by atoms with van der Waals surface area (Å²) >= 11 is 0. The van der Waals surface area contributed by atoms with Crippen LogP contribution in [0.15, 0.2) is 24.4 Å². The van der Waals surface area contributed by atoms with E-state index in [1.807, 2.05) is 24.3 Å². The number of pyridine rings is 1. The standard InChI is InChI=1S/C13H18N2O/c1-2-3-8-15-12-7-6-11-10(13(12)16)5-4-9-14-11/h4-7,9,12-13,15-16H,2-3,8H2,1H3/t12-,13-/m0/s1. The molecule has 1 heterocycles. The van der Waals surface area contributed by atoms with Crippen LogP contribution in [0, 0.1) is 0 Å². The Morgan fingerprint density at radius 1 is 1.50 bits per heavy atom. The molecular weight excluding hydrogens is 200 g/mol. The molecular formula is C13H18N2O. The fraction of sp³-hybridized carbons (Fsp3) is 0.462. The first-order chi connectivity index (χ1) is 7.83. The number of unbranched alkanes of at least 4 members (excludes halogenated alkanes) is 1. The number of hydrogen-bond acceptors (Lipinski definition) is 3. The summed E-state index contributed by atoms with van der Waals surface area (Å²) in [5.41, 5.74) is 1.79. The molecule has 86 valence electrons. The highest BCUT2D eigenvalue weighted by Crippen LogP contribution is 2.26. The summed E-state index contributed by atoms with van der Waals surface area (Å²) < 4.78 is 0. The Balaban J connectivity index is 2.06. The van der Waals surface area contributed by atoms with Crippen molar-refractivity contribution in [3.63, 3.8) is 0 Å². The van der Waals surface area contributed by atoms with Crippen LogP contribution in [0.3, 0.4) is 0 Å². The molecule has 0 aromatic carbocycles. The normalized spacial score (nSPS) is 23.1. The van der Waals surface area contributed by atoms with Crippen LogP contribution in [-0.2, 0) is 0 Å². The van der Waals surface area contributed by atoms with Crippen LogP contribution in [-0.4, -0.2) is 22.7 Å². The number of aromatic nitrogens is 1. The van der Waals surface area contributed by atoms with Gasteiger partial charge < -0.3 is 10.4 Å². The van der Waals surface area contributed by atoms with E-state index in [1.54, 1.807) is 6.20 Å². The van der Waals surface area contributed by atoms with Crippen LogP contribution >= 0.6 is 0 Å². The first-order valence-corrected chi connectivity index (χ1v) is 5.87. The fourth-order valence-electron chi connectivity index (χ4n) is 1.94. The lowest BCUT2D eigenvalue weighted by Crippen LogP contribution is -2.35. The van der Waals surface area contributed by atoms with Crippen LogP contribution in [0.1, 0.15) is 37.1 Å². The molecule has 16 heavy (non-hydrogen) atoms. The van der Waals surface area contributed by atoms with Gasteiger partial charge in [-0.15, -0.1) is 0 Å². The number of rotatable bonds is 4. The van der Waals surface area contributed by atoms with E-state index < -0.39 is 6.10 Å². The van der Waals surface area contributed by atoms with E-state index >= 15 is 0 Å². The largest absolute Gasteiger partial charge is 0.386 e. The summed E-state index contributed by atoms with van der Waals surface area (Å²) in [5, 5.41) is 13.5. The van der Waals surface area contributed by atoms with E-state index in [-0.39, 0.29) is 6.04 Å². The highest BCUT2D eigenvalue weighted by Gasteiger charge is 2.23. The SMILES string of the molecule is CCCCN[C@H]1C=Cc2ncccc2[C@@H]1O. The molecule has 1 aliphatic rings. The number of aliphatic hydroxyl groups excluding tert-OH is 1. The molecule has 1 aromatic rings. The second kappa shape index (κ2) is 5.23. The molecule has 0 saturated carbocycles. The Morgan fingerprint density at radius 2 is 2.38 bits per heavy atom. The van der Waals surface area contributed by atoms with E-state index in [4.69, 9.17) is 0 Å². The Hall–Kier alpha value is -1.19. The Morgan fingerprint density at radius 3 is 3.19 bits per heavy atom. The molecule has 0 fully saturated rings. The quantitative estimate of drug-likeness (QED) is 0.759. The van der Waals surface area contributed by atoms with Gasteiger partial charge in [0.2, 0.25) is 0 Å². The maximum absolute atomic E-state index is 10.2. The molecule has 0 saturated heterocycles. The smallest absolute Gasteiger partial charge is 0.0999 e. The molecule has 0 spiro atoms. The van der Waals surface area contributed by atoms with Crippen molar-refractivity contribution in [2.24, 2.45) is 0 Å². The van der Waals surface area contributed by atoms with E-state index in [0.717, 1.165) is 30.6 Å². The minimum Gasteiger partial charge on any atom is -0.386 e. The minimum atomic E-state index is -0.481. The molecule has 0 bridgehead atoms. The third kappa shape index (κ3) is 2.31. The van der Waals surface area contributed by atoms with E-state index in [0.29, 0.717) is 0 Å². The van der Waals surface area contributed by atoms with Gasteiger partial charge in [0, 0.05) is 11.8 Å². The van der Waals surface area contributed by atoms with Gasteiger partial charge in [0.25, 0.3) is 0 Å². The van der Waals surface area contributed by atoms with Crippen LogP contribution in [0.4, 0.5) is 0 Å². The summed E-state index contributed by atoms with van der Waals surface area (Å²) in [6.07, 6.45) is 7.54. The molecule has 1 aliphatic carbocycles. The Kier molecular flexibility index (Phi) is 3.70. The highest BCUT2D eigenvalue weighted by atomic mass is 16.3. The van der Waals surface area contributed by atoms with Crippen molar-refractivity contribution in [2.45, 2.75) is 31.9 Å². The second-order valence-corrected chi connectivity index (χ2v) is 4.12. The van der Waals surface area contributed by atoms with E-state index in [9.17, 15) is 5.11 Å². The van der Waals surface area contributed by atoms with Crippen LogP contribution in [0.25, 0.3) is 6.08 Å². The lowest BCUT2D eigenvalue weighted by molar-refractivity contribution is 0.145. The van der Waals surface area contributed by atoms with Crippen molar-refractivity contribution in [3.05, 3.63) is 35.7 Å². The molecule has 0 radical (unpaired) electrons. The molecule has 0 aliphatic heterocycles. The van der Waals surface area contributed by atoms with Crippen molar-refractivity contribution >= 4 is 6.08 Å². The van der Waals surface area contributed by atoms with Crippen molar-refractivity contribution in [2.75, 3.05) is 6.54 Å². The highest BCUT2D eigenvalue weighted by molar-refractivity contribution is 5.54. The third-order valence-electron chi connectivity index (χ3n) is 2.90. The van der Waals surface area contributed by atoms with Crippen molar-refractivity contribution in [1.82, 2.24) is 10.3 Å². The first-order valence-electron chi connectivity index (χ1n) is 5.87. The molecule has 0 amide bonds. The molecule has 1 aromatic heterocycles. The molecule has 2 atom stereocenters. The average Bonchev–Trinajstić information content (AvgIpc) is 2.33. The van der Waals surface area contributed by atoms with Gasteiger partial charge >= 0.3 is 0 Å². The molecule has 2 rings (SSSR count). The molecule has 0 unspecified atom stereocenters. The molecule has 3 nitrogen and oxygen atoms in total. The topological polar surface area (TPSA) is 45.2 Å². The Bertz CT molecular complexity index is 376. The Labute approximate surface area is 96.2 Å². The number of nitrogens with zero attached hydrogens (tertiary/aromatic N) is 1. The van der Waals surface area contributed by atoms with Crippen molar-refractivity contribution in [3.8, 4) is 0 Å². The second-order valence-electron chi connectivity index (χ2n) is 4.12. The van der Waals surface area contributed by atoms with Crippen molar-refractivity contribution in [1.29, 1.82) is 0 Å². The summed E-state index contributed by atoms with van der Waals surface area (Å²) in [7, 11) is 0. The van der Waals surface area contributed by atoms with Gasteiger partial charge in [-0.3, -0.25) is 4.98 Å². The predicted molar refractivity (Wildman–Crippen MR) is 64.9 cm³/mol. The summed E-state index contributed by atoms with van der Waals surface area (Å²) in [5.74, 6) is 0. The lowest BCUT2D eigenvalue weighted by atomic mass is 9.95. The predicted octanol–water partition coefficient (Wildman–Crippen LogP) is 1.90. The third-order valence-corrected chi connectivity index (χ3v) is 2.90. The minimum absolute atomic E-state index is 0.0169. The van der Waals surface area contributed by atoms with E-state index in [2.05, 4.69) is 17.2 Å². The van der Waals surface area contributed by atoms with Gasteiger partial charge in [-0.25, -0.2) is 0 Å². The lowest BCUT2D eigenvalue weighted by Gasteiger charge is -2.25. The maximum atomic E-state index is 10.2. The van der Waals surface area contributed by atoms with Gasteiger partial charge in [0.05, 0.1) is 17.8 Å². The zero-order valence-corrected chi connectivity index (χ0v) is 9.56. The average molecular weight is 218 g/mol. The zero-order valence-electron chi connectivity index (χ0n) is 9.56. The van der Waals surface area contributed by atoms with E-state index in [1.165, 1.54) is 0 Å².